The molecule has 7 heteroatoms. The Morgan fingerprint density at radius 3 is 2.03 bits per heavy atom. The van der Waals surface area contributed by atoms with Gasteiger partial charge in [0.25, 0.3) is 0 Å². The van der Waals surface area contributed by atoms with E-state index in [2.05, 4.69) is 6.92 Å². The third-order valence-corrected chi connectivity index (χ3v) is 7.28. The second-order valence-corrected chi connectivity index (χ2v) is 11.5. The number of ketones is 3. The van der Waals surface area contributed by atoms with Gasteiger partial charge < -0.3 is 20.4 Å². The number of unbranched alkanes of at least 4 members (excludes halogenated alkanes) is 4. The highest BCUT2D eigenvalue weighted by atomic mass is 16.3. The van der Waals surface area contributed by atoms with Crippen molar-refractivity contribution < 1.29 is 34.8 Å². The Bertz CT molecular complexity index is 1060. The fourth-order valence-electron chi connectivity index (χ4n) is 5.24. The van der Waals surface area contributed by atoms with Crippen LogP contribution in [-0.4, -0.2) is 37.8 Å². The number of aromatic hydroxyl groups is 3. The molecule has 0 amide bonds. The van der Waals surface area contributed by atoms with Gasteiger partial charge in [0.1, 0.15) is 28.6 Å². The number of rotatable bonds is 11. The highest BCUT2D eigenvalue weighted by molar-refractivity contribution is 6.19. The van der Waals surface area contributed by atoms with E-state index in [0.717, 1.165) is 31.7 Å². The third kappa shape index (κ3) is 5.45. The van der Waals surface area contributed by atoms with Crippen molar-refractivity contribution in [2.75, 3.05) is 0 Å². The minimum atomic E-state index is -1.43. The number of benzene rings is 1. The number of hydrogen-bond acceptors (Lipinski definition) is 7. The van der Waals surface area contributed by atoms with Crippen LogP contribution in [0.4, 0.5) is 0 Å². The maximum Gasteiger partial charge on any atom is 0.175 e. The van der Waals surface area contributed by atoms with E-state index in [0.29, 0.717) is 6.42 Å². The molecule has 0 bridgehead atoms. The van der Waals surface area contributed by atoms with Gasteiger partial charge in [0, 0.05) is 29.5 Å². The number of hydrogen-bond donors (Lipinski definition) is 4. The van der Waals surface area contributed by atoms with E-state index in [9.17, 15) is 34.8 Å². The molecule has 0 aromatic heterocycles. The number of allylic oxidation sites excluding steroid dienone is 2. The summed E-state index contributed by atoms with van der Waals surface area (Å²) in [5.74, 6) is -4.56. The minimum Gasteiger partial charge on any atom is -0.511 e. The number of carbonyl (C=O) groups excluding carboxylic acids is 3. The van der Waals surface area contributed by atoms with Crippen LogP contribution in [0.15, 0.2) is 17.4 Å². The van der Waals surface area contributed by atoms with E-state index in [1.165, 1.54) is 27.7 Å². The molecule has 200 valence electrons. The van der Waals surface area contributed by atoms with Crippen LogP contribution in [0, 0.1) is 16.7 Å². The van der Waals surface area contributed by atoms with Gasteiger partial charge in [0.2, 0.25) is 0 Å². The molecule has 0 spiro atoms. The zero-order valence-electron chi connectivity index (χ0n) is 22.7. The van der Waals surface area contributed by atoms with Crippen LogP contribution in [0.3, 0.4) is 0 Å². The Labute approximate surface area is 214 Å². The lowest BCUT2D eigenvalue weighted by atomic mass is 9.60. The number of carbonyl (C=O) groups is 3. The molecule has 0 aliphatic heterocycles. The summed E-state index contributed by atoms with van der Waals surface area (Å²) in [4.78, 5) is 39.6. The van der Waals surface area contributed by atoms with Crippen LogP contribution in [0.25, 0.3) is 0 Å². The van der Waals surface area contributed by atoms with Gasteiger partial charge in [-0.3, -0.25) is 14.4 Å². The van der Waals surface area contributed by atoms with Crippen molar-refractivity contribution in [2.45, 2.75) is 99.3 Å². The molecule has 0 saturated heterocycles. The van der Waals surface area contributed by atoms with E-state index >= 15 is 0 Å². The van der Waals surface area contributed by atoms with E-state index < -0.39 is 57.1 Å². The van der Waals surface area contributed by atoms with Gasteiger partial charge in [0.15, 0.2) is 17.3 Å². The lowest BCUT2D eigenvalue weighted by Gasteiger charge is -2.41. The Kier molecular flexibility index (Phi) is 9.03. The van der Waals surface area contributed by atoms with Crippen molar-refractivity contribution in [3.05, 3.63) is 28.5 Å². The van der Waals surface area contributed by atoms with Crippen molar-refractivity contribution in [3.63, 3.8) is 0 Å². The molecule has 1 atom stereocenters. The fourth-order valence-corrected chi connectivity index (χ4v) is 5.24. The number of phenols is 3. The van der Waals surface area contributed by atoms with Crippen molar-refractivity contribution in [1.29, 1.82) is 0 Å². The highest BCUT2D eigenvalue weighted by Gasteiger charge is 2.55. The number of aliphatic hydroxyl groups is 1. The van der Waals surface area contributed by atoms with Gasteiger partial charge in [-0.05, 0) is 46.5 Å². The average molecular weight is 503 g/mol. The molecule has 0 fully saturated rings. The monoisotopic (exact) mass is 502 g/mol. The molecule has 1 aromatic rings. The third-order valence-electron chi connectivity index (χ3n) is 7.28. The molecule has 2 rings (SSSR count). The smallest absolute Gasteiger partial charge is 0.175 e. The van der Waals surface area contributed by atoms with Crippen molar-refractivity contribution >= 4 is 17.3 Å². The Balaban J connectivity index is 2.69. The zero-order chi connectivity index (χ0) is 27.6. The van der Waals surface area contributed by atoms with Gasteiger partial charge in [-0.1, -0.05) is 46.5 Å². The second kappa shape index (κ2) is 11.1. The summed E-state index contributed by atoms with van der Waals surface area (Å²) in [7, 11) is 0. The van der Waals surface area contributed by atoms with Gasteiger partial charge in [0.05, 0.1) is 10.8 Å². The largest absolute Gasteiger partial charge is 0.511 e. The zero-order valence-corrected chi connectivity index (χ0v) is 22.7. The maximum absolute atomic E-state index is 13.6. The predicted molar refractivity (Wildman–Crippen MR) is 139 cm³/mol. The normalized spacial score (nSPS) is 18.1. The second-order valence-electron chi connectivity index (χ2n) is 11.5. The Morgan fingerprint density at radius 2 is 1.47 bits per heavy atom. The van der Waals surface area contributed by atoms with Crippen LogP contribution >= 0.6 is 0 Å². The van der Waals surface area contributed by atoms with Crippen molar-refractivity contribution in [2.24, 2.45) is 16.7 Å². The lowest BCUT2D eigenvalue weighted by molar-refractivity contribution is -0.144. The van der Waals surface area contributed by atoms with Crippen LogP contribution in [0.1, 0.15) is 115 Å². The predicted octanol–water partition coefficient (Wildman–Crippen LogP) is 6.49. The van der Waals surface area contributed by atoms with Crippen LogP contribution in [-0.2, 0) is 9.59 Å². The van der Waals surface area contributed by atoms with Gasteiger partial charge in [-0.2, -0.15) is 0 Å². The quantitative estimate of drug-likeness (QED) is 0.154. The van der Waals surface area contributed by atoms with Crippen LogP contribution in [0.2, 0.25) is 0 Å². The summed E-state index contributed by atoms with van der Waals surface area (Å²) in [5, 5.41) is 43.7. The number of phenolic OH excluding ortho intramolecular Hbond substituents is 3. The summed E-state index contributed by atoms with van der Waals surface area (Å²) < 4.78 is 0. The van der Waals surface area contributed by atoms with Crippen molar-refractivity contribution in [1.82, 2.24) is 0 Å². The van der Waals surface area contributed by atoms with Crippen LogP contribution < -0.4 is 0 Å². The molecule has 7 nitrogen and oxygen atoms in total. The molecular formula is C29H42O7. The highest BCUT2D eigenvalue weighted by Crippen LogP contribution is 2.52. The minimum absolute atomic E-state index is 0.0442. The van der Waals surface area contributed by atoms with E-state index in [4.69, 9.17) is 0 Å². The fraction of sp³-hybridized carbons (Fsp3) is 0.621. The molecule has 1 aliphatic rings. The molecule has 0 heterocycles. The van der Waals surface area contributed by atoms with Gasteiger partial charge in [-0.15, -0.1) is 0 Å². The summed E-state index contributed by atoms with van der Waals surface area (Å²) in [6.07, 6.45) is 4.90. The Morgan fingerprint density at radius 1 is 0.889 bits per heavy atom. The molecule has 1 aromatic carbocycles. The summed E-state index contributed by atoms with van der Waals surface area (Å²) >= 11 is 0. The van der Waals surface area contributed by atoms with E-state index in [1.54, 1.807) is 0 Å². The summed E-state index contributed by atoms with van der Waals surface area (Å²) in [6.45, 7) is 11.9. The topological polar surface area (TPSA) is 132 Å². The molecule has 1 aliphatic carbocycles. The molecule has 0 radical (unpaired) electrons. The molecule has 0 saturated carbocycles. The first-order valence-corrected chi connectivity index (χ1v) is 12.9. The number of aliphatic hydroxyl groups excluding tert-OH is 1. The Hall–Kier alpha value is -2.83. The first kappa shape index (κ1) is 29.4. The van der Waals surface area contributed by atoms with Crippen molar-refractivity contribution in [3.8, 4) is 17.2 Å². The first-order chi connectivity index (χ1) is 16.6. The van der Waals surface area contributed by atoms with E-state index in [1.807, 2.05) is 13.8 Å². The molecule has 4 N–H and O–H groups in total. The lowest BCUT2D eigenvalue weighted by Crippen LogP contribution is -2.49. The van der Waals surface area contributed by atoms with Crippen LogP contribution in [0.5, 0.6) is 17.2 Å². The number of Topliss-reactive ketones (excluding diaryl/α,β-unsaturated/α-hetero) is 3. The summed E-state index contributed by atoms with van der Waals surface area (Å²) in [6, 6.07) is 0.999. The van der Waals surface area contributed by atoms with Gasteiger partial charge >= 0.3 is 0 Å². The first-order valence-electron chi connectivity index (χ1n) is 12.9. The standard InChI is InChI=1S/C29H42O7/c1-8-9-10-11-12-13-18(30)23-20(32)15-19(31)21(24(23)33)17(14-16(2)3)22-25(34)28(4,5)27(36)29(6,7)26(22)35/h15-17,31-34H,8-14H2,1-7H3/t17-/m1/s1. The molecule has 0 unspecified atom stereocenters. The maximum atomic E-state index is 13.6. The summed E-state index contributed by atoms with van der Waals surface area (Å²) in [5.41, 5.74) is -3.26. The molecule has 36 heavy (non-hydrogen) atoms. The average Bonchev–Trinajstić information content (AvgIpc) is 2.76. The van der Waals surface area contributed by atoms with Gasteiger partial charge in [-0.25, -0.2) is 0 Å². The van der Waals surface area contributed by atoms with E-state index in [-0.39, 0.29) is 35.5 Å². The molecular weight excluding hydrogens is 460 g/mol. The SMILES string of the molecule is CCCCCCCC(=O)c1c(O)cc(O)c([C@@H](CC(C)C)C2=C(O)C(C)(C)C(=O)C(C)(C)C2=O)c1O.